The van der Waals surface area contributed by atoms with Gasteiger partial charge in [-0.05, 0) is 30.2 Å². The smallest absolute Gasteiger partial charge is 0.125 e. The molecule has 0 aliphatic rings. The van der Waals surface area contributed by atoms with Gasteiger partial charge < -0.3 is 10.6 Å². The number of amidine groups is 1. The van der Waals surface area contributed by atoms with Crippen molar-refractivity contribution in [1.82, 2.24) is 4.98 Å². The second-order valence-corrected chi connectivity index (χ2v) is 4.39. The molecule has 3 N–H and O–H groups in total. The number of nitrogens with two attached hydrogens (primary N) is 1. The van der Waals surface area contributed by atoms with E-state index in [1.165, 1.54) is 5.56 Å². The molecule has 0 aliphatic heterocycles. The molecule has 0 saturated heterocycles. The number of nitrogens with zero attached hydrogens (tertiary/aromatic N) is 2. The molecule has 4 nitrogen and oxygen atoms in total. The average Bonchev–Trinajstić information content (AvgIpc) is 2.46. The monoisotopic (exact) mass is 254 g/mol. The van der Waals surface area contributed by atoms with Gasteiger partial charge in [0.25, 0.3) is 0 Å². The van der Waals surface area contributed by atoms with Gasteiger partial charge in [-0.2, -0.15) is 0 Å². The Labute approximate surface area is 113 Å². The van der Waals surface area contributed by atoms with E-state index in [2.05, 4.69) is 36.2 Å². The van der Waals surface area contributed by atoms with Crippen molar-refractivity contribution >= 4 is 17.2 Å². The standard InChI is InChI=1S/C15H18N4/c1-3-11-4-6-12(7-5-11)19(2)14-10-18-9-8-13(14)15(16)17/h4-10H,3H2,1-2H3,(H3,16,17). The van der Waals surface area contributed by atoms with Gasteiger partial charge in [0.15, 0.2) is 0 Å². The van der Waals surface area contributed by atoms with Gasteiger partial charge in [0.2, 0.25) is 0 Å². The predicted molar refractivity (Wildman–Crippen MR) is 79.1 cm³/mol. The Kier molecular flexibility index (Phi) is 3.80. The lowest BCUT2D eigenvalue weighted by Crippen LogP contribution is -2.18. The summed E-state index contributed by atoms with van der Waals surface area (Å²) >= 11 is 0. The summed E-state index contributed by atoms with van der Waals surface area (Å²) in [6.45, 7) is 2.13. The minimum atomic E-state index is 0.0504. The molecule has 0 bridgehead atoms. The summed E-state index contributed by atoms with van der Waals surface area (Å²) in [6.07, 6.45) is 4.40. The van der Waals surface area contributed by atoms with Crippen LogP contribution in [0.25, 0.3) is 0 Å². The van der Waals surface area contributed by atoms with Gasteiger partial charge in [-0.1, -0.05) is 19.1 Å². The van der Waals surface area contributed by atoms with Gasteiger partial charge in [0.05, 0.1) is 11.9 Å². The van der Waals surface area contributed by atoms with Crippen LogP contribution in [0.1, 0.15) is 18.1 Å². The quantitative estimate of drug-likeness (QED) is 0.651. The highest BCUT2D eigenvalue weighted by Crippen LogP contribution is 2.26. The molecule has 0 fully saturated rings. The zero-order valence-electron chi connectivity index (χ0n) is 11.2. The lowest BCUT2D eigenvalue weighted by molar-refractivity contribution is 1.12. The van der Waals surface area contributed by atoms with Crippen molar-refractivity contribution in [3.05, 3.63) is 53.9 Å². The van der Waals surface area contributed by atoms with Gasteiger partial charge in [0.1, 0.15) is 5.84 Å². The highest BCUT2D eigenvalue weighted by Gasteiger charge is 2.11. The third-order valence-electron chi connectivity index (χ3n) is 3.18. The summed E-state index contributed by atoms with van der Waals surface area (Å²) in [5.41, 5.74) is 9.48. The Morgan fingerprint density at radius 3 is 2.53 bits per heavy atom. The number of rotatable bonds is 4. The maximum absolute atomic E-state index is 7.62. The normalized spacial score (nSPS) is 10.2. The molecule has 1 aromatic carbocycles. The van der Waals surface area contributed by atoms with Crippen LogP contribution in [0.3, 0.4) is 0 Å². The van der Waals surface area contributed by atoms with E-state index in [0.717, 1.165) is 17.8 Å². The SMILES string of the molecule is CCc1ccc(N(C)c2cnccc2C(=N)N)cc1. The molecule has 0 saturated carbocycles. The van der Waals surface area contributed by atoms with E-state index in [0.29, 0.717) is 5.56 Å². The Bertz CT molecular complexity index is 575. The molecule has 0 spiro atoms. The van der Waals surface area contributed by atoms with E-state index in [4.69, 9.17) is 11.1 Å². The molecule has 0 unspecified atom stereocenters. The van der Waals surface area contributed by atoms with E-state index in [1.54, 1.807) is 18.5 Å². The van der Waals surface area contributed by atoms with Crippen LogP contribution in [-0.2, 0) is 6.42 Å². The Morgan fingerprint density at radius 1 is 1.26 bits per heavy atom. The molecule has 2 rings (SSSR count). The second kappa shape index (κ2) is 5.52. The molecule has 19 heavy (non-hydrogen) atoms. The molecule has 2 aromatic rings. The minimum Gasteiger partial charge on any atom is -0.384 e. The van der Waals surface area contributed by atoms with E-state index in [9.17, 15) is 0 Å². The number of hydrogen-bond acceptors (Lipinski definition) is 3. The topological polar surface area (TPSA) is 66.0 Å². The summed E-state index contributed by atoms with van der Waals surface area (Å²) in [6, 6.07) is 10.1. The number of aryl methyl sites for hydroxylation is 1. The number of benzene rings is 1. The molecule has 0 radical (unpaired) electrons. The summed E-state index contributed by atoms with van der Waals surface area (Å²) < 4.78 is 0. The number of nitrogen functional groups attached to an aromatic ring is 1. The van der Waals surface area contributed by atoms with Gasteiger partial charge in [-0.25, -0.2) is 0 Å². The first kappa shape index (κ1) is 13.1. The van der Waals surface area contributed by atoms with Crippen molar-refractivity contribution in [2.45, 2.75) is 13.3 Å². The van der Waals surface area contributed by atoms with E-state index >= 15 is 0 Å². The molecular formula is C15H18N4. The third kappa shape index (κ3) is 2.73. The largest absolute Gasteiger partial charge is 0.384 e. The first-order valence-corrected chi connectivity index (χ1v) is 6.24. The van der Waals surface area contributed by atoms with Crippen molar-refractivity contribution in [3.8, 4) is 0 Å². The summed E-state index contributed by atoms with van der Waals surface area (Å²) in [5.74, 6) is 0.0504. The minimum absolute atomic E-state index is 0.0504. The highest BCUT2D eigenvalue weighted by atomic mass is 15.1. The number of pyridine rings is 1. The Balaban J connectivity index is 2.37. The van der Waals surface area contributed by atoms with E-state index in [-0.39, 0.29) is 5.84 Å². The van der Waals surface area contributed by atoms with Crippen LogP contribution < -0.4 is 10.6 Å². The van der Waals surface area contributed by atoms with Crippen LogP contribution >= 0.6 is 0 Å². The molecular weight excluding hydrogens is 236 g/mol. The van der Waals surface area contributed by atoms with Gasteiger partial charge in [0, 0.05) is 24.5 Å². The van der Waals surface area contributed by atoms with Crippen LogP contribution in [0, 0.1) is 5.41 Å². The van der Waals surface area contributed by atoms with Gasteiger partial charge in [-0.15, -0.1) is 0 Å². The van der Waals surface area contributed by atoms with Crippen LogP contribution in [0.4, 0.5) is 11.4 Å². The van der Waals surface area contributed by atoms with Crippen molar-refractivity contribution < 1.29 is 0 Å². The Hall–Kier alpha value is -2.36. The maximum Gasteiger partial charge on any atom is 0.125 e. The van der Waals surface area contributed by atoms with Crippen LogP contribution in [0.2, 0.25) is 0 Å². The molecule has 4 heteroatoms. The summed E-state index contributed by atoms with van der Waals surface area (Å²) in [4.78, 5) is 6.10. The number of hydrogen-bond donors (Lipinski definition) is 2. The molecule has 0 amide bonds. The number of aromatic nitrogens is 1. The molecule has 0 atom stereocenters. The molecule has 0 aliphatic carbocycles. The summed E-state index contributed by atoms with van der Waals surface area (Å²) in [5, 5.41) is 7.62. The van der Waals surface area contributed by atoms with E-state index in [1.807, 2.05) is 11.9 Å². The lowest BCUT2D eigenvalue weighted by Gasteiger charge is -2.21. The van der Waals surface area contributed by atoms with Crippen LogP contribution in [-0.4, -0.2) is 17.9 Å². The lowest BCUT2D eigenvalue weighted by atomic mass is 10.1. The molecule has 98 valence electrons. The maximum atomic E-state index is 7.62. The average molecular weight is 254 g/mol. The van der Waals surface area contributed by atoms with Crippen molar-refractivity contribution in [2.75, 3.05) is 11.9 Å². The van der Waals surface area contributed by atoms with Crippen LogP contribution in [0.5, 0.6) is 0 Å². The predicted octanol–water partition coefficient (Wildman–Crippen LogP) is 2.70. The van der Waals surface area contributed by atoms with Crippen LogP contribution in [0.15, 0.2) is 42.7 Å². The fourth-order valence-corrected chi connectivity index (χ4v) is 1.98. The zero-order chi connectivity index (χ0) is 13.8. The molecule has 1 heterocycles. The highest BCUT2D eigenvalue weighted by molar-refractivity contribution is 6.00. The number of anilines is 2. The van der Waals surface area contributed by atoms with Crippen molar-refractivity contribution in [3.63, 3.8) is 0 Å². The van der Waals surface area contributed by atoms with Crippen molar-refractivity contribution in [1.29, 1.82) is 5.41 Å². The van der Waals surface area contributed by atoms with Gasteiger partial charge >= 0.3 is 0 Å². The zero-order valence-corrected chi connectivity index (χ0v) is 11.2. The number of nitrogens with one attached hydrogen (secondary N) is 1. The Morgan fingerprint density at radius 2 is 1.95 bits per heavy atom. The van der Waals surface area contributed by atoms with E-state index < -0.39 is 0 Å². The molecule has 1 aromatic heterocycles. The van der Waals surface area contributed by atoms with Crippen molar-refractivity contribution in [2.24, 2.45) is 5.73 Å². The first-order valence-electron chi connectivity index (χ1n) is 6.24. The third-order valence-corrected chi connectivity index (χ3v) is 3.18. The van der Waals surface area contributed by atoms with Gasteiger partial charge in [-0.3, -0.25) is 10.4 Å². The first-order chi connectivity index (χ1) is 9.13. The summed E-state index contributed by atoms with van der Waals surface area (Å²) in [7, 11) is 1.95. The second-order valence-electron chi connectivity index (χ2n) is 4.39. The fourth-order valence-electron chi connectivity index (χ4n) is 1.98. The fraction of sp³-hybridized carbons (Fsp3) is 0.200.